The summed E-state index contributed by atoms with van der Waals surface area (Å²) in [4.78, 5) is 14.3. The second-order valence-electron chi connectivity index (χ2n) is 5.70. The molecule has 0 aromatic heterocycles. The molecule has 1 aromatic rings. The highest BCUT2D eigenvalue weighted by molar-refractivity contribution is 5.78. The summed E-state index contributed by atoms with van der Waals surface area (Å²) in [6.45, 7) is 4.14. The van der Waals surface area contributed by atoms with Crippen LogP contribution in [0.3, 0.4) is 0 Å². The summed E-state index contributed by atoms with van der Waals surface area (Å²) in [6.07, 6.45) is 3.24. The van der Waals surface area contributed by atoms with Crippen LogP contribution in [0, 0.1) is 11.3 Å². The molecule has 1 aliphatic rings. The van der Waals surface area contributed by atoms with Gasteiger partial charge in [0.2, 0.25) is 0 Å². The molecule has 0 unspecified atom stereocenters. The third kappa shape index (κ3) is 3.51. The molecule has 118 valence electrons. The summed E-state index contributed by atoms with van der Waals surface area (Å²) in [5.41, 5.74) is 0.494. The molecule has 0 bridgehead atoms. The summed E-state index contributed by atoms with van der Waals surface area (Å²) in [5.74, 6) is 0.935. The largest absolute Gasteiger partial charge is 0.493 e. The van der Waals surface area contributed by atoms with Crippen LogP contribution in [0.15, 0.2) is 18.2 Å². The van der Waals surface area contributed by atoms with Crippen LogP contribution in [0.4, 0.5) is 0 Å². The third-order valence-corrected chi connectivity index (χ3v) is 4.13. The molecular formula is C17H22N2O3. The Morgan fingerprint density at radius 2 is 2.00 bits per heavy atom. The van der Waals surface area contributed by atoms with Gasteiger partial charge in [-0.25, -0.2) is 0 Å². The van der Waals surface area contributed by atoms with E-state index < -0.39 is 0 Å². The Balaban J connectivity index is 2.03. The Labute approximate surface area is 131 Å². The molecular weight excluding hydrogens is 280 g/mol. The fourth-order valence-electron chi connectivity index (χ4n) is 2.98. The van der Waals surface area contributed by atoms with Gasteiger partial charge < -0.3 is 14.4 Å². The molecule has 1 fully saturated rings. The summed E-state index contributed by atoms with van der Waals surface area (Å²) < 4.78 is 10.8. The number of amides is 1. The molecule has 1 heterocycles. The van der Waals surface area contributed by atoms with E-state index in [0.717, 1.165) is 19.3 Å². The molecule has 0 N–H and O–H groups in total. The number of ether oxygens (including phenoxy) is 2. The monoisotopic (exact) mass is 302 g/mol. The minimum atomic E-state index is -0.0169. The predicted molar refractivity (Wildman–Crippen MR) is 82.8 cm³/mol. The Bertz CT molecular complexity index is 570. The molecule has 5 nitrogen and oxygen atoms in total. The van der Waals surface area contributed by atoms with E-state index in [1.165, 1.54) is 7.11 Å². The number of nitriles is 1. The van der Waals surface area contributed by atoms with Crippen molar-refractivity contribution in [1.29, 1.82) is 5.26 Å². The number of rotatable bonds is 4. The number of carbonyl (C=O) groups is 1. The quantitative estimate of drug-likeness (QED) is 0.858. The van der Waals surface area contributed by atoms with Crippen molar-refractivity contribution in [1.82, 2.24) is 4.90 Å². The molecule has 1 saturated heterocycles. The molecule has 1 aliphatic heterocycles. The molecule has 2 atom stereocenters. The minimum Gasteiger partial charge on any atom is -0.493 e. The van der Waals surface area contributed by atoms with E-state index in [-0.39, 0.29) is 24.6 Å². The standard InChI is InChI=1S/C17H22N2O3/c1-12-5-4-6-13(2)19(12)17(20)11-22-15-8-7-14(10-18)9-16(15)21-3/h7-9,12-13H,4-6,11H2,1-3H3/t12-,13+. The molecule has 0 spiro atoms. The molecule has 1 amide bonds. The second kappa shape index (κ2) is 7.17. The topological polar surface area (TPSA) is 62.6 Å². The minimum absolute atomic E-state index is 0.00823. The number of hydrogen-bond donors (Lipinski definition) is 0. The number of methoxy groups -OCH3 is 1. The third-order valence-electron chi connectivity index (χ3n) is 4.13. The smallest absolute Gasteiger partial charge is 0.260 e. The van der Waals surface area contributed by atoms with Gasteiger partial charge in [-0.15, -0.1) is 0 Å². The highest BCUT2D eigenvalue weighted by Gasteiger charge is 2.29. The van der Waals surface area contributed by atoms with Gasteiger partial charge in [0.25, 0.3) is 5.91 Å². The first kappa shape index (κ1) is 16.2. The lowest BCUT2D eigenvalue weighted by atomic mass is 9.97. The van der Waals surface area contributed by atoms with Crippen molar-refractivity contribution in [3.05, 3.63) is 23.8 Å². The highest BCUT2D eigenvalue weighted by atomic mass is 16.5. The van der Waals surface area contributed by atoms with E-state index in [1.807, 2.05) is 11.0 Å². The lowest BCUT2D eigenvalue weighted by Gasteiger charge is -2.39. The van der Waals surface area contributed by atoms with Crippen LogP contribution in [0.2, 0.25) is 0 Å². The van der Waals surface area contributed by atoms with E-state index in [0.29, 0.717) is 17.1 Å². The van der Waals surface area contributed by atoms with Crippen LogP contribution in [-0.2, 0) is 4.79 Å². The Hall–Kier alpha value is -2.22. The molecule has 0 saturated carbocycles. The molecule has 2 rings (SSSR count). The maximum absolute atomic E-state index is 12.4. The van der Waals surface area contributed by atoms with Crippen LogP contribution in [-0.4, -0.2) is 36.6 Å². The first-order valence-electron chi connectivity index (χ1n) is 7.59. The van der Waals surface area contributed by atoms with E-state index in [1.54, 1.807) is 18.2 Å². The molecule has 1 aromatic carbocycles. The van der Waals surface area contributed by atoms with Crippen molar-refractivity contribution in [2.45, 2.75) is 45.2 Å². The number of piperidine rings is 1. The van der Waals surface area contributed by atoms with Crippen LogP contribution in [0.25, 0.3) is 0 Å². The van der Waals surface area contributed by atoms with Gasteiger partial charge in [0.05, 0.1) is 18.7 Å². The van der Waals surface area contributed by atoms with E-state index in [9.17, 15) is 4.79 Å². The predicted octanol–water partition coefficient (Wildman–Crippen LogP) is 2.74. The van der Waals surface area contributed by atoms with Crippen molar-refractivity contribution < 1.29 is 14.3 Å². The number of benzene rings is 1. The average molecular weight is 302 g/mol. The van der Waals surface area contributed by atoms with Gasteiger partial charge in [0.15, 0.2) is 18.1 Å². The van der Waals surface area contributed by atoms with Crippen molar-refractivity contribution in [2.24, 2.45) is 0 Å². The van der Waals surface area contributed by atoms with Gasteiger partial charge in [-0.05, 0) is 45.2 Å². The Morgan fingerprint density at radius 1 is 1.32 bits per heavy atom. The number of likely N-dealkylation sites (tertiary alicyclic amines) is 1. The van der Waals surface area contributed by atoms with Crippen LogP contribution in [0.1, 0.15) is 38.7 Å². The highest BCUT2D eigenvalue weighted by Crippen LogP contribution is 2.28. The first-order chi connectivity index (χ1) is 10.6. The van der Waals surface area contributed by atoms with Gasteiger partial charge in [-0.1, -0.05) is 0 Å². The fraction of sp³-hybridized carbons (Fsp3) is 0.529. The summed E-state index contributed by atoms with van der Waals surface area (Å²) in [7, 11) is 1.51. The van der Waals surface area contributed by atoms with Crippen molar-refractivity contribution in [3.63, 3.8) is 0 Å². The Kier molecular flexibility index (Phi) is 5.26. The Morgan fingerprint density at radius 3 is 2.59 bits per heavy atom. The van der Waals surface area contributed by atoms with Crippen LogP contribution >= 0.6 is 0 Å². The first-order valence-corrected chi connectivity index (χ1v) is 7.59. The zero-order valence-corrected chi connectivity index (χ0v) is 13.3. The van der Waals surface area contributed by atoms with E-state index >= 15 is 0 Å². The number of nitrogens with zero attached hydrogens (tertiary/aromatic N) is 2. The number of hydrogen-bond acceptors (Lipinski definition) is 4. The van der Waals surface area contributed by atoms with Crippen LogP contribution in [0.5, 0.6) is 11.5 Å². The summed E-state index contributed by atoms with van der Waals surface area (Å²) in [6, 6.07) is 7.46. The van der Waals surface area contributed by atoms with Crippen molar-refractivity contribution in [2.75, 3.05) is 13.7 Å². The maximum atomic E-state index is 12.4. The summed E-state index contributed by atoms with van der Waals surface area (Å²) in [5, 5.41) is 8.89. The maximum Gasteiger partial charge on any atom is 0.260 e. The molecule has 0 aliphatic carbocycles. The second-order valence-corrected chi connectivity index (χ2v) is 5.70. The van der Waals surface area contributed by atoms with Gasteiger partial charge in [0.1, 0.15) is 0 Å². The van der Waals surface area contributed by atoms with Gasteiger partial charge in [-0.3, -0.25) is 4.79 Å². The lowest BCUT2D eigenvalue weighted by molar-refractivity contribution is -0.139. The van der Waals surface area contributed by atoms with Crippen molar-refractivity contribution in [3.8, 4) is 17.6 Å². The average Bonchev–Trinajstić information content (AvgIpc) is 2.52. The molecule has 0 radical (unpaired) electrons. The normalized spacial score (nSPS) is 21.1. The van der Waals surface area contributed by atoms with Gasteiger partial charge in [0, 0.05) is 18.2 Å². The van der Waals surface area contributed by atoms with Crippen LogP contribution < -0.4 is 9.47 Å². The molecule has 22 heavy (non-hydrogen) atoms. The zero-order chi connectivity index (χ0) is 16.1. The van der Waals surface area contributed by atoms with E-state index in [2.05, 4.69) is 13.8 Å². The van der Waals surface area contributed by atoms with Gasteiger partial charge in [-0.2, -0.15) is 5.26 Å². The number of carbonyl (C=O) groups excluding carboxylic acids is 1. The SMILES string of the molecule is COc1cc(C#N)ccc1OCC(=O)N1[C@H](C)CCC[C@@H]1C. The lowest BCUT2D eigenvalue weighted by Crippen LogP contribution is -2.49. The van der Waals surface area contributed by atoms with Gasteiger partial charge >= 0.3 is 0 Å². The van der Waals surface area contributed by atoms with E-state index in [4.69, 9.17) is 14.7 Å². The fourth-order valence-corrected chi connectivity index (χ4v) is 2.98. The zero-order valence-electron chi connectivity index (χ0n) is 13.3. The summed E-state index contributed by atoms with van der Waals surface area (Å²) >= 11 is 0. The van der Waals surface area contributed by atoms with Crippen molar-refractivity contribution >= 4 is 5.91 Å². The molecule has 5 heteroatoms.